The Balaban J connectivity index is 1.34. The van der Waals surface area contributed by atoms with E-state index in [4.69, 9.17) is 4.74 Å². The lowest BCUT2D eigenvalue weighted by Crippen LogP contribution is -2.57. The molecule has 2 aliphatic rings. The highest BCUT2D eigenvalue weighted by molar-refractivity contribution is 7.20. The number of hydrogen-bond donors (Lipinski definition) is 2. The first-order chi connectivity index (χ1) is 17.6. The standard InChI is InChI=1S/C27H36N4O5S/c1-16(2)9-21(29-25(33)23-10-18-7-5-6-8-22(18)37-23)26(34)31-14-19-11-20(31)13-30(19)24(32)12-28-27(35)36-15-17(3)4/h5-8,10,16-17,19-21H,9,11-15H2,1-4H3,(H,28,35)(H,29,33)/t19-,20-,21+/m1/s1. The van der Waals surface area contributed by atoms with Crippen LogP contribution in [0.1, 0.15) is 50.2 Å². The van der Waals surface area contributed by atoms with Gasteiger partial charge in [0.2, 0.25) is 11.8 Å². The second kappa shape index (κ2) is 11.5. The lowest BCUT2D eigenvalue weighted by Gasteiger charge is -2.36. The fourth-order valence-corrected chi connectivity index (χ4v) is 5.97. The molecule has 2 aliphatic heterocycles. The van der Waals surface area contributed by atoms with Crippen molar-refractivity contribution < 1.29 is 23.9 Å². The van der Waals surface area contributed by atoms with Gasteiger partial charge in [0.15, 0.2) is 0 Å². The van der Waals surface area contributed by atoms with Crippen LogP contribution in [0.25, 0.3) is 10.1 Å². The lowest BCUT2D eigenvalue weighted by atomic mass is 10.0. The van der Waals surface area contributed by atoms with Crippen molar-refractivity contribution in [2.45, 2.75) is 58.7 Å². The van der Waals surface area contributed by atoms with E-state index in [1.165, 1.54) is 11.3 Å². The maximum Gasteiger partial charge on any atom is 0.407 e. The molecule has 10 heteroatoms. The van der Waals surface area contributed by atoms with Crippen molar-refractivity contribution in [3.63, 3.8) is 0 Å². The highest BCUT2D eigenvalue weighted by atomic mass is 32.1. The first-order valence-corrected chi connectivity index (χ1v) is 13.7. The van der Waals surface area contributed by atoms with E-state index in [2.05, 4.69) is 10.6 Å². The van der Waals surface area contributed by atoms with Crippen molar-refractivity contribution >= 4 is 45.2 Å². The van der Waals surface area contributed by atoms with E-state index in [1.54, 1.807) is 4.90 Å². The van der Waals surface area contributed by atoms with Crippen molar-refractivity contribution in [2.75, 3.05) is 26.2 Å². The van der Waals surface area contributed by atoms with Crippen LogP contribution in [-0.2, 0) is 14.3 Å². The summed E-state index contributed by atoms with van der Waals surface area (Å²) in [5, 5.41) is 6.51. The second-order valence-corrected chi connectivity index (χ2v) is 11.8. The predicted octanol–water partition coefficient (Wildman–Crippen LogP) is 3.24. The molecule has 0 saturated carbocycles. The molecule has 200 valence electrons. The number of carbonyl (C=O) groups is 4. The number of carbonyl (C=O) groups excluding carboxylic acids is 4. The van der Waals surface area contributed by atoms with Crippen LogP contribution in [0.3, 0.4) is 0 Å². The normalized spacial score (nSPS) is 19.5. The van der Waals surface area contributed by atoms with Crippen molar-refractivity contribution in [3.05, 3.63) is 35.2 Å². The van der Waals surface area contributed by atoms with Gasteiger partial charge in [-0.3, -0.25) is 14.4 Å². The van der Waals surface area contributed by atoms with Crippen LogP contribution >= 0.6 is 11.3 Å². The molecule has 0 unspecified atom stereocenters. The Kier molecular flexibility index (Phi) is 8.36. The number of piperazine rings is 1. The van der Waals surface area contributed by atoms with Crippen LogP contribution in [0.5, 0.6) is 0 Å². The van der Waals surface area contributed by atoms with Gasteiger partial charge in [-0.05, 0) is 42.2 Å². The van der Waals surface area contributed by atoms with E-state index >= 15 is 0 Å². The number of benzene rings is 1. The molecule has 2 aromatic rings. The Hall–Kier alpha value is -3.14. The summed E-state index contributed by atoms with van der Waals surface area (Å²) in [5.41, 5.74) is 0. The van der Waals surface area contributed by atoms with E-state index in [9.17, 15) is 19.2 Å². The molecule has 2 saturated heterocycles. The van der Waals surface area contributed by atoms with Gasteiger partial charge in [0.1, 0.15) is 12.6 Å². The van der Waals surface area contributed by atoms with Crippen molar-refractivity contribution in [3.8, 4) is 0 Å². The molecule has 2 bridgehead atoms. The molecule has 2 fully saturated rings. The average Bonchev–Trinajstić information content (AvgIpc) is 3.58. The highest BCUT2D eigenvalue weighted by Crippen LogP contribution is 2.32. The number of fused-ring (bicyclic) bond motifs is 3. The SMILES string of the molecule is CC(C)COC(=O)NCC(=O)N1C[C@H]2C[C@@H]1CN2C(=O)[C@H](CC(C)C)NC(=O)c1cc2ccccc2s1. The van der Waals surface area contributed by atoms with Gasteiger partial charge >= 0.3 is 6.09 Å². The van der Waals surface area contributed by atoms with Crippen LogP contribution < -0.4 is 10.6 Å². The molecule has 4 rings (SSSR count). The number of thiophene rings is 1. The Morgan fingerprint density at radius 1 is 1.03 bits per heavy atom. The van der Waals surface area contributed by atoms with Crippen molar-refractivity contribution in [1.29, 1.82) is 0 Å². The van der Waals surface area contributed by atoms with Gasteiger partial charge in [0, 0.05) is 17.8 Å². The number of nitrogens with zero attached hydrogens (tertiary/aromatic N) is 2. The van der Waals surface area contributed by atoms with Gasteiger partial charge < -0.3 is 25.2 Å². The summed E-state index contributed by atoms with van der Waals surface area (Å²) < 4.78 is 6.09. The van der Waals surface area contributed by atoms with E-state index in [1.807, 2.05) is 62.9 Å². The summed E-state index contributed by atoms with van der Waals surface area (Å²) in [5.74, 6) is -0.0857. The molecule has 0 radical (unpaired) electrons. The van der Waals surface area contributed by atoms with Gasteiger partial charge in [0.25, 0.3) is 5.91 Å². The molecule has 1 aromatic carbocycles. The van der Waals surface area contributed by atoms with Gasteiger partial charge in [-0.25, -0.2) is 4.79 Å². The number of nitrogens with one attached hydrogen (secondary N) is 2. The van der Waals surface area contributed by atoms with Crippen LogP contribution in [0.15, 0.2) is 30.3 Å². The van der Waals surface area contributed by atoms with E-state index in [-0.39, 0.29) is 48.2 Å². The van der Waals surface area contributed by atoms with Gasteiger partial charge in [-0.2, -0.15) is 0 Å². The number of ether oxygens (including phenoxy) is 1. The summed E-state index contributed by atoms with van der Waals surface area (Å²) in [7, 11) is 0. The average molecular weight is 529 g/mol. The molecular weight excluding hydrogens is 492 g/mol. The first kappa shape index (κ1) is 26.9. The van der Waals surface area contributed by atoms with Crippen LogP contribution in [0.4, 0.5) is 4.79 Å². The maximum atomic E-state index is 13.6. The quantitative estimate of drug-likeness (QED) is 0.520. The summed E-state index contributed by atoms with van der Waals surface area (Å²) in [4.78, 5) is 55.3. The van der Waals surface area contributed by atoms with Crippen molar-refractivity contribution in [2.24, 2.45) is 11.8 Å². The number of rotatable bonds is 9. The molecule has 9 nitrogen and oxygen atoms in total. The van der Waals surface area contributed by atoms with E-state index in [0.29, 0.717) is 37.4 Å². The lowest BCUT2D eigenvalue weighted by molar-refractivity contribution is -0.140. The summed E-state index contributed by atoms with van der Waals surface area (Å²) >= 11 is 1.42. The predicted molar refractivity (Wildman–Crippen MR) is 142 cm³/mol. The molecule has 2 N–H and O–H groups in total. The minimum absolute atomic E-state index is 0.0899. The third-order valence-corrected chi connectivity index (χ3v) is 7.85. The molecule has 0 aliphatic carbocycles. The van der Waals surface area contributed by atoms with E-state index in [0.717, 1.165) is 10.1 Å². The molecule has 1 aromatic heterocycles. The Morgan fingerprint density at radius 3 is 2.38 bits per heavy atom. The largest absolute Gasteiger partial charge is 0.449 e. The topological polar surface area (TPSA) is 108 Å². The molecule has 3 atom stereocenters. The zero-order valence-electron chi connectivity index (χ0n) is 21.9. The van der Waals surface area contributed by atoms with Gasteiger partial charge in [0.05, 0.1) is 23.6 Å². The molecule has 37 heavy (non-hydrogen) atoms. The number of likely N-dealkylation sites (tertiary alicyclic amines) is 2. The second-order valence-electron chi connectivity index (χ2n) is 10.7. The van der Waals surface area contributed by atoms with Crippen molar-refractivity contribution in [1.82, 2.24) is 20.4 Å². The fraction of sp³-hybridized carbons (Fsp3) is 0.556. The molecule has 0 spiro atoms. The monoisotopic (exact) mass is 528 g/mol. The van der Waals surface area contributed by atoms with Gasteiger partial charge in [-0.15, -0.1) is 11.3 Å². The molecule has 4 amide bonds. The van der Waals surface area contributed by atoms with Gasteiger partial charge in [-0.1, -0.05) is 45.9 Å². The van der Waals surface area contributed by atoms with Crippen LogP contribution in [-0.4, -0.2) is 78.0 Å². The Bertz CT molecular complexity index is 1130. The third kappa shape index (κ3) is 6.41. The summed E-state index contributed by atoms with van der Waals surface area (Å²) in [6.07, 6.45) is 0.636. The first-order valence-electron chi connectivity index (χ1n) is 12.9. The minimum Gasteiger partial charge on any atom is -0.449 e. The zero-order valence-corrected chi connectivity index (χ0v) is 22.7. The van der Waals surface area contributed by atoms with Crippen LogP contribution in [0.2, 0.25) is 0 Å². The number of alkyl carbamates (subject to hydrolysis) is 1. The summed E-state index contributed by atoms with van der Waals surface area (Å²) in [6, 6.07) is 8.88. The Labute approximate surface area is 221 Å². The highest BCUT2D eigenvalue weighted by Gasteiger charge is 2.48. The smallest absolute Gasteiger partial charge is 0.407 e. The number of amides is 4. The Morgan fingerprint density at radius 2 is 1.73 bits per heavy atom. The molecular formula is C27H36N4O5S. The third-order valence-electron chi connectivity index (χ3n) is 6.74. The maximum absolute atomic E-state index is 13.6. The number of hydrogen-bond acceptors (Lipinski definition) is 6. The summed E-state index contributed by atoms with van der Waals surface area (Å²) in [6.45, 7) is 8.96. The van der Waals surface area contributed by atoms with Crippen LogP contribution in [0, 0.1) is 11.8 Å². The van der Waals surface area contributed by atoms with E-state index < -0.39 is 12.1 Å². The fourth-order valence-electron chi connectivity index (χ4n) is 5.00. The minimum atomic E-state index is -0.626. The molecule has 3 heterocycles. The zero-order chi connectivity index (χ0) is 26.7.